The van der Waals surface area contributed by atoms with Crippen LogP contribution in [0, 0.1) is 10.1 Å². The van der Waals surface area contributed by atoms with Crippen molar-refractivity contribution in [2.75, 3.05) is 18.4 Å². The third-order valence-electron chi connectivity index (χ3n) is 4.04. The molecule has 0 spiro atoms. The second kappa shape index (κ2) is 8.83. The molecule has 0 atom stereocenters. The SMILES string of the molecule is CCOC(=O)c1cc(-c2ccc(OC)c(S(=O)(=O)Nc3cccc([N+](=O)[O-])c3)c2)on1. The van der Waals surface area contributed by atoms with E-state index in [1.54, 1.807) is 6.92 Å². The highest BCUT2D eigenvalue weighted by molar-refractivity contribution is 7.92. The predicted octanol–water partition coefficient (Wildman–Crippen LogP) is 3.24. The summed E-state index contributed by atoms with van der Waals surface area (Å²) in [6, 6.07) is 10.6. The number of esters is 1. The highest BCUT2D eigenvalue weighted by Crippen LogP contribution is 2.32. The van der Waals surface area contributed by atoms with Crippen molar-refractivity contribution in [3.63, 3.8) is 0 Å². The molecule has 1 heterocycles. The van der Waals surface area contributed by atoms with Crippen molar-refractivity contribution in [1.82, 2.24) is 5.16 Å². The molecule has 0 amide bonds. The maximum atomic E-state index is 13.0. The minimum atomic E-state index is -4.20. The minimum Gasteiger partial charge on any atom is -0.495 e. The van der Waals surface area contributed by atoms with Crippen LogP contribution in [0.1, 0.15) is 17.4 Å². The van der Waals surface area contributed by atoms with Crippen molar-refractivity contribution < 1.29 is 32.1 Å². The van der Waals surface area contributed by atoms with Gasteiger partial charge in [0.1, 0.15) is 10.6 Å². The Hall–Kier alpha value is -3.93. The molecule has 31 heavy (non-hydrogen) atoms. The molecule has 162 valence electrons. The Morgan fingerprint density at radius 3 is 2.68 bits per heavy atom. The number of rotatable bonds is 8. The van der Waals surface area contributed by atoms with Crippen LogP contribution in [0.5, 0.6) is 5.75 Å². The molecule has 0 radical (unpaired) electrons. The molecule has 0 fully saturated rings. The third-order valence-corrected chi connectivity index (χ3v) is 5.44. The molecule has 3 rings (SSSR count). The van der Waals surface area contributed by atoms with Crippen LogP contribution in [0.2, 0.25) is 0 Å². The molecule has 1 N–H and O–H groups in total. The van der Waals surface area contributed by atoms with E-state index >= 15 is 0 Å². The van der Waals surface area contributed by atoms with Crippen LogP contribution in [0.15, 0.2) is 57.9 Å². The molecule has 0 saturated carbocycles. The smallest absolute Gasteiger partial charge is 0.360 e. The maximum Gasteiger partial charge on any atom is 0.360 e. The van der Waals surface area contributed by atoms with Gasteiger partial charge in [-0.1, -0.05) is 11.2 Å². The number of nitro groups is 1. The molecule has 1 aromatic heterocycles. The van der Waals surface area contributed by atoms with Crippen LogP contribution >= 0.6 is 0 Å². The fraction of sp³-hybridized carbons (Fsp3) is 0.158. The van der Waals surface area contributed by atoms with E-state index in [9.17, 15) is 23.3 Å². The molecule has 12 heteroatoms. The van der Waals surface area contributed by atoms with Gasteiger partial charge in [-0.15, -0.1) is 0 Å². The number of non-ortho nitro benzene ring substituents is 1. The molecular weight excluding hydrogens is 430 g/mol. The van der Waals surface area contributed by atoms with Gasteiger partial charge in [0.15, 0.2) is 11.5 Å². The van der Waals surface area contributed by atoms with E-state index in [2.05, 4.69) is 9.88 Å². The first-order valence-electron chi connectivity index (χ1n) is 8.84. The number of ether oxygens (including phenoxy) is 2. The van der Waals surface area contributed by atoms with Gasteiger partial charge in [0, 0.05) is 23.8 Å². The first-order chi connectivity index (χ1) is 14.7. The lowest BCUT2D eigenvalue weighted by molar-refractivity contribution is -0.384. The lowest BCUT2D eigenvalue weighted by Gasteiger charge is -2.12. The lowest BCUT2D eigenvalue weighted by atomic mass is 10.1. The topological polar surface area (TPSA) is 151 Å². The standard InChI is InChI=1S/C19H17N3O8S/c1-3-29-19(23)15-11-17(30-20-15)12-7-8-16(28-2)18(9-12)31(26,27)21-13-5-4-6-14(10-13)22(24)25/h4-11,21H,3H2,1-2H3. The Morgan fingerprint density at radius 1 is 1.23 bits per heavy atom. The number of nitrogens with one attached hydrogen (secondary N) is 1. The summed E-state index contributed by atoms with van der Waals surface area (Å²) in [5.41, 5.74) is -0.0185. The van der Waals surface area contributed by atoms with E-state index in [0.29, 0.717) is 5.56 Å². The monoisotopic (exact) mass is 447 g/mol. The number of methoxy groups -OCH3 is 1. The van der Waals surface area contributed by atoms with Gasteiger partial charge in [0.2, 0.25) is 0 Å². The Labute approximate surface area is 176 Å². The third kappa shape index (κ3) is 4.80. The molecule has 2 aromatic carbocycles. The van der Waals surface area contributed by atoms with Crippen molar-refractivity contribution in [3.8, 4) is 17.1 Å². The van der Waals surface area contributed by atoms with Crippen LogP contribution in [0.4, 0.5) is 11.4 Å². The fourth-order valence-electron chi connectivity index (χ4n) is 2.65. The van der Waals surface area contributed by atoms with Gasteiger partial charge in [-0.05, 0) is 31.2 Å². The van der Waals surface area contributed by atoms with Crippen molar-refractivity contribution >= 4 is 27.4 Å². The highest BCUT2D eigenvalue weighted by atomic mass is 32.2. The largest absolute Gasteiger partial charge is 0.495 e. The molecule has 0 saturated heterocycles. The molecule has 0 aliphatic rings. The number of anilines is 1. The average molecular weight is 447 g/mol. The van der Waals surface area contributed by atoms with Gasteiger partial charge in [-0.2, -0.15) is 0 Å². The highest BCUT2D eigenvalue weighted by Gasteiger charge is 2.23. The van der Waals surface area contributed by atoms with Crippen LogP contribution < -0.4 is 9.46 Å². The summed E-state index contributed by atoms with van der Waals surface area (Å²) in [4.78, 5) is 21.8. The molecule has 0 aliphatic carbocycles. The second-order valence-electron chi connectivity index (χ2n) is 6.08. The van der Waals surface area contributed by atoms with E-state index in [1.807, 2.05) is 0 Å². The quantitative estimate of drug-likeness (QED) is 0.312. The molecule has 0 aliphatic heterocycles. The molecule has 0 bridgehead atoms. The zero-order chi connectivity index (χ0) is 22.6. The normalized spacial score (nSPS) is 11.0. The van der Waals surface area contributed by atoms with E-state index in [1.165, 1.54) is 49.6 Å². The number of carbonyl (C=O) groups excluding carboxylic acids is 1. The predicted molar refractivity (Wildman–Crippen MR) is 108 cm³/mol. The number of sulfonamides is 1. The molecule has 3 aromatic rings. The number of hydrogen-bond acceptors (Lipinski definition) is 9. The van der Waals surface area contributed by atoms with Gasteiger partial charge in [-0.3, -0.25) is 14.8 Å². The van der Waals surface area contributed by atoms with Crippen molar-refractivity contribution in [3.05, 3.63) is 64.3 Å². The Balaban J connectivity index is 1.98. The van der Waals surface area contributed by atoms with Crippen molar-refractivity contribution in [2.45, 2.75) is 11.8 Å². The van der Waals surface area contributed by atoms with Crippen LogP contribution in [0.3, 0.4) is 0 Å². The van der Waals surface area contributed by atoms with E-state index in [4.69, 9.17) is 14.0 Å². The summed E-state index contributed by atoms with van der Waals surface area (Å²) >= 11 is 0. The average Bonchev–Trinajstić information content (AvgIpc) is 3.24. The second-order valence-corrected chi connectivity index (χ2v) is 7.73. The number of nitrogens with zero attached hydrogens (tertiary/aromatic N) is 2. The lowest BCUT2D eigenvalue weighted by Crippen LogP contribution is -2.14. The summed E-state index contributed by atoms with van der Waals surface area (Å²) in [6.45, 7) is 1.81. The molecule has 0 unspecified atom stereocenters. The summed E-state index contributed by atoms with van der Waals surface area (Å²) in [7, 11) is -2.90. The zero-order valence-corrected chi connectivity index (χ0v) is 17.2. The summed E-state index contributed by atoms with van der Waals surface area (Å²) < 4.78 is 43.4. The zero-order valence-electron chi connectivity index (χ0n) is 16.4. The fourth-order valence-corrected chi connectivity index (χ4v) is 3.89. The van der Waals surface area contributed by atoms with Gasteiger partial charge in [0.25, 0.3) is 15.7 Å². The summed E-state index contributed by atoms with van der Waals surface area (Å²) in [6.07, 6.45) is 0. The molecular formula is C19H17N3O8S. The summed E-state index contributed by atoms with van der Waals surface area (Å²) in [5, 5.41) is 14.6. The Morgan fingerprint density at radius 2 is 2.00 bits per heavy atom. The van der Waals surface area contributed by atoms with E-state index < -0.39 is 20.9 Å². The van der Waals surface area contributed by atoms with Gasteiger partial charge < -0.3 is 14.0 Å². The van der Waals surface area contributed by atoms with Gasteiger partial charge >= 0.3 is 5.97 Å². The molecule has 11 nitrogen and oxygen atoms in total. The minimum absolute atomic E-state index is 0.00548. The van der Waals surface area contributed by atoms with Crippen LogP contribution in [-0.2, 0) is 14.8 Å². The van der Waals surface area contributed by atoms with Gasteiger partial charge in [0.05, 0.1) is 24.3 Å². The number of hydrogen-bond donors (Lipinski definition) is 1. The first-order valence-corrected chi connectivity index (χ1v) is 10.3. The number of carbonyl (C=O) groups is 1. The van der Waals surface area contributed by atoms with Crippen LogP contribution in [-0.4, -0.2) is 38.2 Å². The first kappa shape index (κ1) is 21.8. The Kier molecular flexibility index (Phi) is 6.20. The van der Waals surface area contributed by atoms with Gasteiger partial charge in [-0.25, -0.2) is 13.2 Å². The summed E-state index contributed by atoms with van der Waals surface area (Å²) in [5.74, 6) is -0.504. The van der Waals surface area contributed by atoms with E-state index in [0.717, 1.165) is 6.07 Å². The van der Waals surface area contributed by atoms with Crippen LogP contribution in [0.25, 0.3) is 11.3 Å². The van der Waals surface area contributed by atoms with E-state index in [-0.39, 0.29) is 40.1 Å². The Bertz CT molecular complexity index is 1240. The number of nitro benzene ring substituents is 1. The number of aromatic nitrogens is 1. The number of benzene rings is 2. The van der Waals surface area contributed by atoms with Crippen molar-refractivity contribution in [1.29, 1.82) is 0 Å². The maximum absolute atomic E-state index is 13.0. The van der Waals surface area contributed by atoms with Crippen molar-refractivity contribution in [2.24, 2.45) is 0 Å².